The van der Waals surface area contributed by atoms with Crippen molar-refractivity contribution < 1.29 is 4.42 Å². The molecule has 4 heteroatoms. The topological polar surface area (TPSA) is 38.9 Å². The molecule has 0 unspecified atom stereocenters. The highest BCUT2D eigenvalue weighted by molar-refractivity contribution is 7.99. The molecule has 2 aromatic heterocycles. The molecule has 0 saturated heterocycles. The molecule has 3 rings (SSSR count). The van der Waals surface area contributed by atoms with E-state index in [0.29, 0.717) is 11.6 Å². The highest BCUT2D eigenvalue weighted by Gasteiger charge is 2.10. The summed E-state index contributed by atoms with van der Waals surface area (Å²) in [6.45, 7) is 3.75. The van der Waals surface area contributed by atoms with Gasteiger partial charge in [-0.3, -0.25) is 0 Å². The van der Waals surface area contributed by atoms with E-state index in [1.165, 1.54) is 0 Å². The quantitative estimate of drug-likeness (QED) is 0.404. The lowest BCUT2D eigenvalue weighted by Gasteiger charge is -2.06. The Hall–Kier alpha value is -2.07. The second-order valence-corrected chi connectivity index (χ2v) is 4.96. The first-order chi connectivity index (χ1) is 9.38. The Morgan fingerprint density at radius 3 is 2.84 bits per heavy atom. The second-order valence-electron chi connectivity index (χ2n) is 3.95. The van der Waals surface area contributed by atoms with Gasteiger partial charge in [-0.1, -0.05) is 24.3 Å². The molecule has 3 aromatic rings. The lowest BCUT2D eigenvalue weighted by molar-refractivity contribution is 0.577. The van der Waals surface area contributed by atoms with Crippen LogP contribution in [0.15, 0.2) is 64.8 Å². The van der Waals surface area contributed by atoms with Crippen LogP contribution in [0.3, 0.4) is 0 Å². The fourth-order valence-corrected chi connectivity index (χ4v) is 2.57. The summed E-state index contributed by atoms with van der Waals surface area (Å²) in [5.41, 5.74) is 0.926. The summed E-state index contributed by atoms with van der Waals surface area (Å²) in [6.07, 6.45) is 3.50. The van der Waals surface area contributed by atoms with Gasteiger partial charge in [0.15, 0.2) is 11.6 Å². The summed E-state index contributed by atoms with van der Waals surface area (Å²) in [5.74, 6) is 2.12. The van der Waals surface area contributed by atoms with Crippen LogP contribution in [0.5, 0.6) is 0 Å². The predicted octanol–water partition coefficient (Wildman–Crippen LogP) is 4.17. The van der Waals surface area contributed by atoms with Crippen LogP contribution >= 0.6 is 11.8 Å². The molecule has 0 amide bonds. The summed E-state index contributed by atoms with van der Waals surface area (Å²) >= 11 is 1.65. The Kier molecular flexibility index (Phi) is 3.33. The minimum Gasteiger partial charge on any atom is -0.461 e. The fraction of sp³-hybridized carbons (Fsp3) is 0.0667. The number of hydrogen-bond acceptors (Lipinski definition) is 4. The normalized spacial score (nSPS) is 10.7. The third kappa shape index (κ3) is 2.39. The summed E-state index contributed by atoms with van der Waals surface area (Å²) in [6, 6.07) is 11.7. The molecule has 0 N–H and O–H groups in total. The van der Waals surface area contributed by atoms with Crippen LogP contribution in [0, 0.1) is 0 Å². The van der Waals surface area contributed by atoms with Gasteiger partial charge in [0.1, 0.15) is 5.03 Å². The SMILES string of the molecule is C=CCSc1nc(-c2ccco2)nc2ccccc12. The maximum atomic E-state index is 5.37. The molecule has 19 heavy (non-hydrogen) atoms. The molecule has 0 aliphatic carbocycles. The van der Waals surface area contributed by atoms with Crippen molar-refractivity contribution in [1.29, 1.82) is 0 Å². The lowest BCUT2D eigenvalue weighted by atomic mass is 10.2. The first-order valence-electron chi connectivity index (χ1n) is 5.93. The molecule has 0 radical (unpaired) electrons. The van der Waals surface area contributed by atoms with Gasteiger partial charge < -0.3 is 4.42 Å². The smallest absolute Gasteiger partial charge is 0.197 e. The summed E-state index contributed by atoms with van der Waals surface area (Å²) in [7, 11) is 0. The molecule has 0 aliphatic heterocycles. The van der Waals surface area contributed by atoms with E-state index >= 15 is 0 Å². The zero-order valence-electron chi connectivity index (χ0n) is 10.2. The fourth-order valence-electron chi connectivity index (χ4n) is 1.81. The van der Waals surface area contributed by atoms with E-state index in [9.17, 15) is 0 Å². The van der Waals surface area contributed by atoms with Gasteiger partial charge in [-0.15, -0.1) is 18.3 Å². The number of fused-ring (bicyclic) bond motifs is 1. The van der Waals surface area contributed by atoms with E-state index in [-0.39, 0.29) is 0 Å². The first kappa shape index (κ1) is 12.0. The Morgan fingerprint density at radius 2 is 2.05 bits per heavy atom. The van der Waals surface area contributed by atoms with Crippen molar-refractivity contribution in [3.05, 3.63) is 55.3 Å². The van der Waals surface area contributed by atoms with Gasteiger partial charge in [0.2, 0.25) is 0 Å². The van der Waals surface area contributed by atoms with E-state index in [1.807, 2.05) is 42.5 Å². The average molecular weight is 268 g/mol. The number of para-hydroxylation sites is 1. The van der Waals surface area contributed by atoms with Crippen molar-refractivity contribution in [2.24, 2.45) is 0 Å². The van der Waals surface area contributed by atoms with Gasteiger partial charge in [-0.2, -0.15) is 0 Å². The Labute approximate surface area is 115 Å². The third-order valence-electron chi connectivity index (χ3n) is 2.65. The van der Waals surface area contributed by atoms with E-state index in [2.05, 4.69) is 16.5 Å². The molecule has 94 valence electrons. The maximum absolute atomic E-state index is 5.37. The van der Waals surface area contributed by atoms with Crippen molar-refractivity contribution in [1.82, 2.24) is 9.97 Å². The van der Waals surface area contributed by atoms with E-state index < -0.39 is 0 Å². The number of furan rings is 1. The molecule has 0 atom stereocenters. The number of thioether (sulfide) groups is 1. The van der Waals surface area contributed by atoms with Crippen LogP contribution in [0.2, 0.25) is 0 Å². The van der Waals surface area contributed by atoms with Crippen LogP contribution in [-0.2, 0) is 0 Å². The maximum Gasteiger partial charge on any atom is 0.197 e. The van der Waals surface area contributed by atoms with Crippen LogP contribution in [0.25, 0.3) is 22.5 Å². The van der Waals surface area contributed by atoms with Gasteiger partial charge in [0, 0.05) is 11.1 Å². The summed E-state index contributed by atoms with van der Waals surface area (Å²) < 4.78 is 5.37. The zero-order valence-corrected chi connectivity index (χ0v) is 11.1. The molecule has 3 nitrogen and oxygen atoms in total. The molecule has 0 spiro atoms. The van der Waals surface area contributed by atoms with Crippen LogP contribution in [-0.4, -0.2) is 15.7 Å². The molecular formula is C15H12N2OS. The number of hydrogen-bond donors (Lipinski definition) is 0. The average Bonchev–Trinajstić information content (AvgIpc) is 2.98. The van der Waals surface area contributed by atoms with Crippen molar-refractivity contribution in [2.75, 3.05) is 5.75 Å². The standard InChI is InChI=1S/C15H12N2OS/c1-2-10-19-15-11-6-3-4-7-12(11)16-14(17-15)13-8-5-9-18-13/h2-9H,1,10H2. The van der Waals surface area contributed by atoms with Gasteiger partial charge >= 0.3 is 0 Å². The number of nitrogens with zero attached hydrogens (tertiary/aromatic N) is 2. The van der Waals surface area contributed by atoms with Crippen molar-refractivity contribution in [2.45, 2.75) is 5.03 Å². The Balaban J connectivity index is 2.17. The Morgan fingerprint density at radius 1 is 1.16 bits per heavy atom. The van der Waals surface area contributed by atoms with Gasteiger partial charge in [0.25, 0.3) is 0 Å². The van der Waals surface area contributed by atoms with E-state index in [0.717, 1.165) is 21.7 Å². The van der Waals surface area contributed by atoms with Crippen molar-refractivity contribution in [3.63, 3.8) is 0 Å². The van der Waals surface area contributed by atoms with Crippen LogP contribution < -0.4 is 0 Å². The van der Waals surface area contributed by atoms with Crippen LogP contribution in [0.4, 0.5) is 0 Å². The van der Waals surface area contributed by atoms with E-state index in [4.69, 9.17) is 4.42 Å². The molecule has 0 aliphatic rings. The predicted molar refractivity (Wildman–Crippen MR) is 78.2 cm³/mol. The zero-order chi connectivity index (χ0) is 13.1. The summed E-state index contributed by atoms with van der Waals surface area (Å²) in [5, 5.41) is 2.02. The highest BCUT2D eigenvalue weighted by atomic mass is 32.2. The molecular weight excluding hydrogens is 256 g/mol. The van der Waals surface area contributed by atoms with Gasteiger partial charge in [-0.25, -0.2) is 9.97 Å². The molecule has 0 bridgehead atoms. The second kappa shape index (κ2) is 5.28. The Bertz CT molecular complexity index is 707. The highest BCUT2D eigenvalue weighted by Crippen LogP contribution is 2.28. The first-order valence-corrected chi connectivity index (χ1v) is 6.91. The molecule has 1 aromatic carbocycles. The third-order valence-corrected chi connectivity index (χ3v) is 3.63. The summed E-state index contributed by atoms with van der Waals surface area (Å²) in [4.78, 5) is 9.13. The number of benzene rings is 1. The van der Waals surface area contributed by atoms with Crippen molar-refractivity contribution >= 4 is 22.7 Å². The van der Waals surface area contributed by atoms with Crippen LogP contribution in [0.1, 0.15) is 0 Å². The molecule has 0 fully saturated rings. The monoisotopic (exact) mass is 268 g/mol. The van der Waals surface area contributed by atoms with E-state index in [1.54, 1.807) is 18.0 Å². The molecule has 0 saturated carbocycles. The minimum atomic E-state index is 0.621. The lowest BCUT2D eigenvalue weighted by Crippen LogP contribution is -1.93. The molecule has 2 heterocycles. The largest absolute Gasteiger partial charge is 0.461 e. The minimum absolute atomic E-state index is 0.621. The van der Waals surface area contributed by atoms with Gasteiger partial charge in [-0.05, 0) is 18.2 Å². The van der Waals surface area contributed by atoms with Crippen molar-refractivity contribution in [3.8, 4) is 11.6 Å². The number of aromatic nitrogens is 2. The van der Waals surface area contributed by atoms with Gasteiger partial charge in [0.05, 0.1) is 11.8 Å². The number of rotatable bonds is 4.